The number of hydrogen-bond donors (Lipinski definition) is 1. The molecule has 0 heterocycles. The Bertz CT molecular complexity index is 620. The van der Waals surface area contributed by atoms with E-state index in [0.29, 0.717) is 12.8 Å². The van der Waals surface area contributed by atoms with Crippen LogP contribution in [0.5, 0.6) is 0 Å². The first-order valence-electron chi connectivity index (χ1n) is 16.0. The average Bonchev–Trinajstić information content (AvgIpc) is 2.90. The van der Waals surface area contributed by atoms with Gasteiger partial charge in [-0.1, -0.05) is 121 Å². The molecule has 0 fully saturated rings. The van der Waals surface area contributed by atoms with E-state index in [1.165, 1.54) is 44.9 Å². The molecule has 4 nitrogen and oxygen atoms in total. The summed E-state index contributed by atoms with van der Waals surface area (Å²) in [6.45, 7) is 4.35. The third-order valence-corrected chi connectivity index (χ3v) is 6.88. The topological polar surface area (TPSA) is 63.6 Å². The molecule has 1 N–H and O–H groups in total. The lowest BCUT2D eigenvalue weighted by Gasteiger charge is -2.18. The molecule has 0 aromatic rings. The van der Waals surface area contributed by atoms with Gasteiger partial charge in [-0.3, -0.25) is 9.59 Å². The van der Waals surface area contributed by atoms with Gasteiger partial charge in [-0.15, -0.1) is 0 Å². The van der Waals surface area contributed by atoms with Crippen molar-refractivity contribution in [3.8, 4) is 0 Å². The van der Waals surface area contributed by atoms with E-state index in [0.717, 1.165) is 89.9 Å². The van der Waals surface area contributed by atoms with E-state index in [-0.39, 0.29) is 12.1 Å². The molecule has 0 aromatic carbocycles. The fourth-order valence-electron chi connectivity index (χ4n) is 4.54. The Kier molecular flexibility index (Phi) is 28.3. The van der Waals surface area contributed by atoms with E-state index in [1.807, 2.05) is 0 Å². The standard InChI is InChI=1S/C34H60O4/c1-3-5-7-8-9-10-11-12-13-14-15-16-21-24-27-31-34(37)38-32(28-6-4-2)29-25-22-19-17-18-20-23-26-30-33(35)36/h5,7,9-10,12-13,32H,3-4,6,8,11,14-31H2,1-2H3,(H,35,36)/b7-5-,10-9-,13-12-. The van der Waals surface area contributed by atoms with Crippen LogP contribution in [0.2, 0.25) is 0 Å². The summed E-state index contributed by atoms with van der Waals surface area (Å²) >= 11 is 0. The fourth-order valence-corrected chi connectivity index (χ4v) is 4.54. The summed E-state index contributed by atoms with van der Waals surface area (Å²) in [6, 6.07) is 0. The number of allylic oxidation sites excluding steroid dienone is 6. The van der Waals surface area contributed by atoms with Gasteiger partial charge < -0.3 is 9.84 Å². The van der Waals surface area contributed by atoms with Crippen molar-refractivity contribution in [1.82, 2.24) is 0 Å². The second kappa shape index (κ2) is 29.7. The Morgan fingerprint density at radius 3 is 1.71 bits per heavy atom. The highest BCUT2D eigenvalue weighted by molar-refractivity contribution is 5.69. The van der Waals surface area contributed by atoms with Gasteiger partial charge >= 0.3 is 11.9 Å². The molecule has 0 spiro atoms. The zero-order valence-electron chi connectivity index (χ0n) is 25.0. The first kappa shape index (κ1) is 36.2. The number of carboxylic acids is 1. The highest BCUT2D eigenvalue weighted by Crippen LogP contribution is 2.17. The van der Waals surface area contributed by atoms with Gasteiger partial charge in [0, 0.05) is 12.8 Å². The van der Waals surface area contributed by atoms with Crippen LogP contribution in [0.15, 0.2) is 36.5 Å². The molecule has 0 rings (SSSR count). The Morgan fingerprint density at radius 1 is 0.605 bits per heavy atom. The molecular weight excluding hydrogens is 472 g/mol. The lowest BCUT2D eigenvalue weighted by Crippen LogP contribution is -2.18. The molecule has 220 valence electrons. The summed E-state index contributed by atoms with van der Waals surface area (Å²) in [6.07, 6.45) is 37.6. The van der Waals surface area contributed by atoms with Crippen molar-refractivity contribution in [2.45, 2.75) is 168 Å². The van der Waals surface area contributed by atoms with Crippen LogP contribution in [0.4, 0.5) is 0 Å². The van der Waals surface area contributed by atoms with Crippen LogP contribution >= 0.6 is 0 Å². The molecule has 1 atom stereocenters. The maximum atomic E-state index is 12.4. The highest BCUT2D eigenvalue weighted by atomic mass is 16.5. The largest absolute Gasteiger partial charge is 0.481 e. The Balaban J connectivity index is 3.74. The van der Waals surface area contributed by atoms with E-state index in [1.54, 1.807) is 0 Å². The summed E-state index contributed by atoms with van der Waals surface area (Å²) in [7, 11) is 0. The Hall–Kier alpha value is -1.84. The highest BCUT2D eigenvalue weighted by Gasteiger charge is 2.13. The van der Waals surface area contributed by atoms with Crippen molar-refractivity contribution in [1.29, 1.82) is 0 Å². The van der Waals surface area contributed by atoms with Crippen LogP contribution in [-0.4, -0.2) is 23.1 Å². The van der Waals surface area contributed by atoms with Gasteiger partial charge in [-0.25, -0.2) is 0 Å². The predicted molar refractivity (Wildman–Crippen MR) is 162 cm³/mol. The molecule has 0 aromatic heterocycles. The van der Waals surface area contributed by atoms with E-state index >= 15 is 0 Å². The lowest BCUT2D eigenvalue weighted by atomic mass is 10.0. The van der Waals surface area contributed by atoms with Crippen LogP contribution in [0, 0.1) is 0 Å². The van der Waals surface area contributed by atoms with E-state index < -0.39 is 5.97 Å². The molecule has 0 bridgehead atoms. The first-order valence-corrected chi connectivity index (χ1v) is 16.0. The van der Waals surface area contributed by atoms with Gasteiger partial charge in [0.15, 0.2) is 0 Å². The number of unbranched alkanes of at least 4 members (excludes halogenated alkanes) is 13. The zero-order chi connectivity index (χ0) is 27.9. The van der Waals surface area contributed by atoms with Crippen molar-refractivity contribution in [2.24, 2.45) is 0 Å². The molecule has 0 aliphatic carbocycles. The lowest BCUT2D eigenvalue weighted by molar-refractivity contribution is -0.150. The molecule has 38 heavy (non-hydrogen) atoms. The van der Waals surface area contributed by atoms with Gasteiger partial charge in [0.1, 0.15) is 6.10 Å². The quantitative estimate of drug-likeness (QED) is 0.0618. The van der Waals surface area contributed by atoms with Crippen LogP contribution in [0.1, 0.15) is 162 Å². The number of rotatable bonds is 28. The normalized spacial score (nSPS) is 12.7. The number of aliphatic carboxylic acids is 1. The van der Waals surface area contributed by atoms with E-state index in [9.17, 15) is 9.59 Å². The third-order valence-electron chi connectivity index (χ3n) is 6.88. The minimum absolute atomic E-state index is 0.00589. The van der Waals surface area contributed by atoms with Crippen LogP contribution in [0.3, 0.4) is 0 Å². The molecule has 0 radical (unpaired) electrons. The molecule has 4 heteroatoms. The molecule has 0 saturated heterocycles. The van der Waals surface area contributed by atoms with Gasteiger partial charge in [0.25, 0.3) is 0 Å². The second-order valence-corrected chi connectivity index (χ2v) is 10.6. The molecule has 0 aliphatic rings. The van der Waals surface area contributed by atoms with Crippen molar-refractivity contribution in [2.75, 3.05) is 0 Å². The minimum atomic E-state index is -0.687. The maximum Gasteiger partial charge on any atom is 0.306 e. The second-order valence-electron chi connectivity index (χ2n) is 10.6. The summed E-state index contributed by atoms with van der Waals surface area (Å²) in [5.41, 5.74) is 0. The van der Waals surface area contributed by atoms with Gasteiger partial charge in [0.05, 0.1) is 0 Å². The number of esters is 1. The van der Waals surface area contributed by atoms with Crippen molar-refractivity contribution < 1.29 is 19.4 Å². The van der Waals surface area contributed by atoms with Crippen molar-refractivity contribution in [3.05, 3.63) is 36.5 Å². The number of hydrogen-bond acceptors (Lipinski definition) is 3. The Labute approximate surface area is 235 Å². The number of carbonyl (C=O) groups is 2. The molecule has 0 saturated carbocycles. The van der Waals surface area contributed by atoms with Crippen LogP contribution in [0.25, 0.3) is 0 Å². The zero-order valence-corrected chi connectivity index (χ0v) is 25.0. The number of ether oxygens (including phenoxy) is 1. The molecule has 0 aliphatic heterocycles. The van der Waals surface area contributed by atoms with Crippen LogP contribution < -0.4 is 0 Å². The molecule has 0 amide bonds. The van der Waals surface area contributed by atoms with Crippen molar-refractivity contribution in [3.63, 3.8) is 0 Å². The Morgan fingerprint density at radius 2 is 1.11 bits per heavy atom. The van der Waals surface area contributed by atoms with Gasteiger partial charge in [0.2, 0.25) is 0 Å². The number of carbonyl (C=O) groups excluding carboxylic acids is 1. The fraction of sp³-hybridized carbons (Fsp3) is 0.765. The maximum absolute atomic E-state index is 12.4. The summed E-state index contributed by atoms with van der Waals surface area (Å²) in [5, 5.41) is 8.67. The summed E-state index contributed by atoms with van der Waals surface area (Å²) in [5.74, 6) is -0.693. The van der Waals surface area contributed by atoms with Gasteiger partial charge in [-0.05, 0) is 64.2 Å². The molecule has 1 unspecified atom stereocenters. The third kappa shape index (κ3) is 28.7. The minimum Gasteiger partial charge on any atom is -0.481 e. The summed E-state index contributed by atoms with van der Waals surface area (Å²) in [4.78, 5) is 22.9. The van der Waals surface area contributed by atoms with E-state index in [4.69, 9.17) is 9.84 Å². The average molecular weight is 533 g/mol. The van der Waals surface area contributed by atoms with Gasteiger partial charge in [-0.2, -0.15) is 0 Å². The smallest absolute Gasteiger partial charge is 0.306 e. The number of carboxylic acid groups (broad SMARTS) is 1. The first-order chi connectivity index (χ1) is 18.6. The van der Waals surface area contributed by atoms with E-state index in [2.05, 4.69) is 50.3 Å². The van der Waals surface area contributed by atoms with Crippen LogP contribution in [-0.2, 0) is 14.3 Å². The predicted octanol–water partition coefficient (Wildman–Crippen LogP) is 10.7. The monoisotopic (exact) mass is 532 g/mol. The van der Waals surface area contributed by atoms with Crippen molar-refractivity contribution >= 4 is 11.9 Å². The SMILES string of the molecule is CC/C=C\C/C=C\C/C=C\CCCCCCCC(=O)OC(CCCC)CCCCCCCCCCC(=O)O. The summed E-state index contributed by atoms with van der Waals surface area (Å²) < 4.78 is 5.86. The molecular formula is C34H60O4.